The normalized spacial score (nSPS) is 13.5. The van der Waals surface area contributed by atoms with E-state index < -0.39 is 24.3 Å². The average molecular weight is 560 g/mol. The molecule has 38 heavy (non-hydrogen) atoms. The second-order valence-corrected chi connectivity index (χ2v) is 8.07. The average Bonchev–Trinajstić information content (AvgIpc) is 3.38. The van der Waals surface area contributed by atoms with Crippen molar-refractivity contribution in [3.8, 4) is 0 Å². The molecule has 0 unspecified atom stereocenters. The number of amides is 1. The van der Waals surface area contributed by atoms with Crippen LogP contribution in [0.1, 0.15) is 33.3 Å². The molecule has 0 aliphatic carbocycles. The Labute approximate surface area is 211 Å². The van der Waals surface area contributed by atoms with Crippen molar-refractivity contribution in [1.82, 2.24) is 20.3 Å². The van der Waals surface area contributed by atoms with Crippen molar-refractivity contribution in [1.29, 1.82) is 0 Å². The zero-order chi connectivity index (χ0) is 29.3. The molecule has 0 aromatic carbocycles. The maximum atomic E-state index is 12.3. The molecule has 0 atom stereocenters. The lowest BCUT2D eigenvalue weighted by Crippen LogP contribution is -2.34. The van der Waals surface area contributed by atoms with Gasteiger partial charge in [-0.15, -0.1) is 0 Å². The van der Waals surface area contributed by atoms with Gasteiger partial charge < -0.3 is 29.4 Å². The molecular weight excluding hydrogens is 534 g/mol. The van der Waals surface area contributed by atoms with Gasteiger partial charge in [0.2, 0.25) is 0 Å². The van der Waals surface area contributed by atoms with Crippen molar-refractivity contribution >= 4 is 17.8 Å². The van der Waals surface area contributed by atoms with E-state index in [9.17, 15) is 31.1 Å². The number of carbonyl (C=O) groups is 3. The van der Waals surface area contributed by atoms with E-state index in [-0.39, 0.29) is 5.91 Å². The van der Waals surface area contributed by atoms with Gasteiger partial charge in [-0.25, -0.2) is 9.59 Å². The number of hydrogen-bond acceptors (Lipinski definition) is 8. The number of rotatable bonds is 6. The molecular formula is C21H26F6N4O7. The monoisotopic (exact) mass is 560 g/mol. The van der Waals surface area contributed by atoms with Gasteiger partial charge in [0.25, 0.3) is 5.91 Å². The van der Waals surface area contributed by atoms with Gasteiger partial charge in [-0.05, 0) is 33.2 Å². The van der Waals surface area contributed by atoms with E-state index in [0.29, 0.717) is 18.8 Å². The molecule has 2 aromatic rings. The van der Waals surface area contributed by atoms with E-state index in [1.807, 2.05) is 38.1 Å². The fraction of sp³-hybridized carbons (Fsp3) is 0.524. The van der Waals surface area contributed by atoms with Crippen molar-refractivity contribution in [2.75, 3.05) is 33.7 Å². The Hall–Kier alpha value is -3.60. The van der Waals surface area contributed by atoms with Gasteiger partial charge in [0, 0.05) is 38.2 Å². The van der Waals surface area contributed by atoms with Gasteiger partial charge in [0.15, 0.2) is 5.69 Å². The molecule has 1 aliphatic rings. The van der Waals surface area contributed by atoms with Crippen molar-refractivity contribution in [3.05, 3.63) is 40.7 Å². The second kappa shape index (κ2) is 13.8. The topological polar surface area (TPSA) is 149 Å². The van der Waals surface area contributed by atoms with Crippen LogP contribution in [-0.2, 0) is 29.1 Å². The van der Waals surface area contributed by atoms with E-state index in [1.165, 1.54) is 0 Å². The van der Waals surface area contributed by atoms with Crippen LogP contribution < -0.4 is 5.32 Å². The minimum Gasteiger partial charge on any atom is -0.475 e. The molecule has 3 heterocycles. The highest BCUT2D eigenvalue weighted by Gasteiger charge is 2.38. The zero-order valence-electron chi connectivity index (χ0n) is 20.4. The summed E-state index contributed by atoms with van der Waals surface area (Å²) < 4.78 is 74.5. The van der Waals surface area contributed by atoms with E-state index in [2.05, 4.69) is 15.4 Å². The Morgan fingerprint density at radius 2 is 1.63 bits per heavy atom. The van der Waals surface area contributed by atoms with Crippen LogP contribution in [0, 0.1) is 6.92 Å². The highest BCUT2D eigenvalue weighted by atomic mass is 19.4. The maximum Gasteiger partial charge on any atom is 0.490 e. The maximum absolute atomic E-state index is 12.3. The molecule has 1 aliphatic heterocycles. The van der Waals surface area contributed by atoms with Crippen molar-refractivity contribution < 1.29 is 59.9 Å². The van der Waals surface area contributed by atoms with E-state index in [1.54, 1.807) is 0 Å². The molecule has 1 amide bonds. The Morgan fingerprint density at radius 1 is 1.08 bits per heavy atom. The molecule has 3 rings (SSSR count). The fourth-order valence-electron chi connectivity index (χ4n) is 2.85. The van der Waals surface area contributed by atoms with Crippen LogP contribution in [0.15, 0.2) is 21.1 Å². The van der Waals surface area contributed by atoms with Crippen LogP contribution in [0.2, 0.25) is 0 Å². The lowest BCUT2D eigenvalue weighted by molar-refractivity contribution is -0.193. The Kier molecular flexibility index (Phi) is 11.8. The number of aliphatic carboxylic acids is 2. The summed E-state index contributed by atoms with van der Waals surface area (Å²) in [5, 5.41) is 21.1. The number of fused-ring (bicyclic) bond motifs is 1. The Morgan fingerprint density at radius 3 is 2.08 bits per heavy atom. The third kappa shape index (κ3) is 11.2. The fourth-order valence-corrected chi connectivity index (χ4v) is 2.85. The SMILES string of the molecule is Cc1ccc(CN2CCc3onc(C(=O)NCCN(C)C)c3C2)o1.O=C(O)C(F)(F)F.O=C(O)C(F)(F)F. The molecule has 11 nitrogen and oxygen atoms in total. The summed E-state index contributed by atoms with van der Waals surface area (Å²) in [5.74, 6) is -3.02. The molecule has 17 heteroatoms. The Balaban J connectivity index is 0.000000426. The van der Waals surface area contributed by atoms with E-state index in [4.69, 9.17) is 28.7 Å². The van der Waals surface area contributed by atoms with E-state index >= 15 is 0 Å². The van der Waals surface area contributed by atoms with Gasteiger partial charge in [-0.1, -0.05) is 5.16 Å². The molecule has 214 valence electrons. The number of halogens is 6. The number of nitrogens with one attached hydrogen (secondary N) is 1. The first-order valence-electron chi connectivity index (χ1n) is 10.7. The number of likely N-dealkylation sites (N-methyl/N-ethyl adjacent to an activating group) is 1. The van der Waals surface area contributed by atoms with Crippen molar-refractivity contribution in [2.24, 2.45) is 0 Å². The number of alkyl halides is 6. The van der Waals surface area contributed by atoms with Gasteiger partial charge in [0.05, 0.1) is 6.54 Å². The number of aryl methyl sites for hydroxylation is 1. The lowest BCUT2D eigenvalue weighted by Gasteiger charge is -2.24. The molecule has 0 saturated carbocycles. The van der Waals surface area contributed by atoms with Gasteiger partial charge in [0.1, 0.15) is 17.3 Å². The van der Waals surface area contributed by atoms with Crippen LogP contribution in [0.5, 0.6) is 0 Å². The minimum absolute atomic E-state index is 0.169. The van der Waals surface area contributed by atoms with Crippen molar-refractivity contribution in [3.63, 3.8) is 0 Å². The molecule has 0 bridgehead atoms. The number of hydrogen-bond donors (Lipinski definition) is 3. The smallest absolute Gasteiger partial charge is 0.475 e. The first-order chi connectivity index (χ1) is 17.4. The third-order valence-corrected chi connectivity index (χ3v) is 4.63. The lowest BCUT2D eigenvalue weighted by atomic mass is 10.1. The van der Waals surface area contributed by atoms with Crippen LogP contribution in [0.4, 0.5) is 26.3 Å². The number of furan rings is 1. The third-order valence-electron chi connectivity index (χ3n) is 4.63. The number of carboxylic acid groups (broad SMARTS) is 2. The van der Waals surface area contributed by atoms with E-state index in [0.717, 1.165) is 48.9 Å². The molecule has 3 N–H and O–H groups in total. The summed E-state index contributed by atoms with van der Waals surface area (Å²) in [6, 6.07) is 3.96. The molecule has 2 aromatic heterocycles. The number of carboxylic acids is 2. The predicted molar refractivity (Wildman–Crippen MR) is 116 cm³/mol. The zero-order valence-corrected chi connectivity index (χ0v) is 20.4. The Bertz CT molecular complexity index is 1060. The molecule has 0 fully saturated rings. The van der Waals surface area contributed by atoms with Crippen LogP contribution in [-0.4, -0.2) is 89.1 Å². The standard InChI is InChI=1S/C17H24N4O3.2C2HF3O2/c1-12-4-5-13(23-12)10-21-8-6-15-14(11-21)16(19-24-15)17(22)18-7-9-20(2)3;2*3-2(4,5)1(6)7/h4-5H,6-11H2,1-3H3,(H,18,22);2*(H,6,7). The van der Waals surface area contributed by atoms with Gasteiger partial charge in [-0.2, -0.15) is 26.3 Å². The second-order valence-electron chi connectivity index (χ2n) is 8.07. The molecule has 0 radical (unpaired) electrons. The summed E-state index contributed by atoms with van der Waals surface area (Å²) in [4.78, 5) is 34.4. The van der Waals surface area contributed by atoms with Gasteiger partial charge in [-0.3, -0.25) is 9.69 Å². The predicted octanol–water partition coefficient (Wildman–Crippen LogP) is 2.69. The van der Waals surface area contributed by atoms with Crippen molar-refractivity contribution in [2.45, 2.75) is 38.8 Å². The quantitative estimate of drug-likeness (QED) is 0.450. The summed E-state index contributed by atoms with van der Waals surface area (Å²) >= 11 is 0. The molecule has 0 spiro atoms. The summed E-state index contributed by atoms with van der Waals surface area (Å²) in [6.07, 6.45) is -9.41. The van der Waals surface area contributed by atoms with Crippen LogP contribution >= 0.6 is 0 Å². The number of carbonyl (C=O) groups excluding carboxylic acids is 1. The minimum atomic E-state index is -5.08. The highest BCUT2D eigenvalue weighted by molar-refractivity contribution is 5.93. The first kappa shape index (κ1) is 32.4. The summed E-state index contributed by atoms with van der Waals surface area (Å²) in [6.45, 7) is 5.55. The van der Waals surface area contributed by atoms with Crippen LogP contribution in [0.25, 0.3) is 0 Å². The van der Waals surface area contributed by atoms with Crippen LogP contribution in [0.3, 0.4) is 0 Å². The summed E-state index contributed by atoms with van der Waals surface area (Å²) in [5.41, 5.74) is 1.30. The first-order valence-corrected chi connectivity index (χ1v) is 10.7. The highest BCUT2D eigenvalue weighted by Crippen LogP contribution is 2.24. The number of aromatic nitrogens is 1. The summed E-state index contributed by atoms with van der Waals surface area (Å²) in [7, 11) is 3.94. The van der Waals surface area contributed by atoms with Gasteiger partial charge >= 0.3 is 24.3 Å². The largest absolute Gasteiger partial charge is 0.490 e. The molecule has 0 saturated heterocycles. The number of nitrogens with zero attached hydrogens (tertiary/aromatic N) is 3.